The molecule has 1 aromatic rings. The van der Waals surface area contributed by atoms with Crippen molar-refractivity contribution in [3.05, 3.63) is 24.3 Å². The minimum Gasteiger partial charge on any atom is -0.484 e. The van der Waals surface area contributed by atoms with Gasteiger partial charge in [-0.2, -0.15) is 0 Å². The van der Waals surface area contributed by atoms with Crippen molar-refractivity contribution in [2.24, 2.45) is 5.92 Å². The predicted octanol–water partition coefficient (Wildman–Crippen LogP) is 0.632. The smallest absolute Gasteiger partial charge is 0.260 e. The third kappa shape index (κ3) is 4.11. The second-order valence-corrected chi connectivity index (χ2v) is 5.13. The Kier molecular flexibility index (Phi) is 5.03. The van der Waals surface area contributed by atoms with E-state index < -0.39 is 0 Å². The molecule has 0 saturated carbocycles. The lowest BCUT2D eigenvalue weighted by Gasteiger charge is -2.31. The zero-order valence-electron chi connectivity index (χ0n) is 12.2. The highest BCUT2D eigenvalue weighted by molar-refractivity contribution is 5.80. The lowest BCUT2D eigenvalue weighted by molar-refractivity contribution is -0.137. The third-order valence-corrected chi connectivity index (χ3v) is 3.69. The average Bonchev–Trinajstić information content (AvgIpc) is 2.52. The quantitative estimate of drug-likeness (QED) is 0.797. The van der Waals surface area contributed by atoms with Gasteiger partial charge >= 0.3 is 0 Å². The first-order chi connectivity index (χ1) is 10.1. The fraction of sp³-hybridized carbons (Fsp3) is 0.467. The van der Waals surface area contributed by atoms with Crippen LogP contribution in [0.2, 0.25) is 0 Å². The number of nitrogens with zero attached hydrogens (tertiary/aromatic N) is 1. The topological polar surface area (TPSA) is 84.7 Å². The van der Waals surface area contributed by atoms with E-state index in [1.165, 1.54) is 0 Å². The van der Waals surface area contributed by atoms with E-state index in [0.717, 1.165) is 0 Å². The molecule has 0 radical (unpaired) electrons. The van der Waals surface area contributed by atoms with E-state index in [1.54, 1.807) is 36.2 Å². The number of ether oxygens (including phenoxy) is 1. The van der Waals surface area contributed by atoms with Crippen LogP contribution in [0.15, 0.2) is 24.3 Å². The van der Waals surface area contributed by atoms with E-state index in [4.69, 9.17) is 10.5 Å². The molecule has 0 atom stereocenters. The van der Waals surface area contributed by atoms with Crippen LogP contribution in [0.4, 0.5) is 5.69 Å². The number of hydrogen-bond donors (Lipinski definition) is 2. The number of nitrogens with two attached hydrogens (primary N) is 1. The molecular formula is C15H21N3O3. The number of likely N-dealkylation sites (tertiary alicyclic amines) is 1. The van der Waals surface area contributed by atoms with E-state index in [9.17, 15) is 9.59 Å². The molecule has 2 amide bonds. The summed E-state index contributed by atoms with van der Waals surface area (Å²) in [6.07, 6.45) is 1.40. The fourth-order valence-corrected chi connectivity index (χ4v) is 2.44. The van der Waals surface area contributed by atoms with Crippen molar-refractivity contribution in [3.63, 3.8) is 0 Å². The number of anilines is 1. The molecule has 1 aromatic carbocycles. The second-order valence-electron chi connectivity index (χ2n) is 5.13. The average molecular weight is 291 g/mol. The summed E-state index contributed by atoms with van der Waals surface area (Å²) in [5.41, 5.74) is 6.25. The minimum absolute atomic E-state index is 0.00586. The number of piperidine rings is 1. The summed E-state index contributed by atoms with van der Waals surface area (Å²) in [5.74, 6) is 0.586. The van der Waals surface area contributed by atoms with Gasteiger partial charge in [0.05, 0.1) is 0 Å². The molecule has 0 aromatic heterocycles. The van der Waals surface area contributed by atoms with Crippen molar-refractivity contribution in [2.75, 3.05) is 32.5 Å². The van der Waals surface area contributed by atoms with Crippen LogP contribution in [0.5, 0.6) is 5.75 Å². The van der Waals surface area contributed by atoms with Gasteiger partial charge in [-0.3, -0.25) is 9.59 Å². The van der Waals surface area contributed by atoms with Crippen LogP contribution in [-0.4, -0.2) is 43.5 Å². The summed E-state index contributed by atoms with van der Waals surface area (Å²) in [6.45, 7) is 1.18. The highest BCUT2D eigenvalue weighted by atomic mass is 16.5. The van der Waals surface area contributed by atoms with Gasteiger partial charge in [0.1, 0.15) is 5.75 Å². The van der Waals surface area contributed by atoms with Crippen LogP contribution in [0, 0.1) is 5.92 Å². The van der Waals surface area contributed by atoms with Crippen LogP contribution in [0.25, 0.3) is 0 Å². The number of amides is 2. The molecule has 1 fully saturated rings. The highest BCUT2D eigenvalue weighted by Crippen LogP contribution is 2.18. The maximum atomic E-state index is 12.1. The minimum atomic E-state index is -0.0622. The van der Waals surface area contributed by atoms with Crippen molar-refractivity contribution in [1.82, 2.24) is 10.2 Å². The summed E-state index contributed by atoms with van der Waals surface area (Å²) < 4.78 is 5.45. The Balaban J connectivity index is 1.78. The van der Waals surface area contributed by atoms with E-state index >= 15 is 0 Å². The summed E-state index contributed by atoms with van der Waals surface area (Å²) in [4.78, 5) is 25.3. The molecule has 6 nitrogen and oxygen atoms in total. The molecule has 1 heterocycles. The molecule has 1 aliphatic heterocycles. The van der Waals surface area contributed by atoms with Gasteiger partial charge in [-0.1, -0.05) is 6.07 Å². The number of rotatable bonds is 4. The van der Waals surface area contributed by atoms with Crippen molar-refractivity contribution >= 4 is 17.5 Å². The first-order valence-electron chi connectivity index (χ1n) is 7.08. The summed E-state index contributed by atoms with van der Waals surface area (Å²) >= 11 is 0. The van der Waals surface area contributed by atoms with Gasteiger partial charge in [0.15, 0.2) is 6.61 Å². The van der Waals surface area contributed by atoms with Gasteiger partial charge in [-0.15, -0.1) is 0 Å². The maximum Gasteiger partial charge on any atom is 0.260 e. The van der Waals surface area contributed by atoms with Gasteiger partial charge in [0, 0.05) is 37.8 Å². The molecule has 6 heteroatoms. The summed E-state index contributed by atoms with van der Waals surface area (Å²) in [7, 11) is 1.64. The molecule has 0 aliphatic carbocycles. The third-order valence-electron chi connectivity index (χ3n) is 3.69. The van der Waals surface area contributed by atoms with Gasteiger partial charge in [0.25, 0.3) is 5.91 Å². The number of nitrogen functional groups attached to an aromatic ring is 1. The SMILES string of the molecule is CNC(=O)C1CCN(C(=O)COc2cccc(N)c2)CC1. The van der Waals surface area contributed by atoms with Gasteiger partial charge in [-0.05, 0) is 25.0 Å². The first-order valence-corrected chi connectivity index (χ1v) is 7.08. The standard InChI is InChI=1S/C15H21N3O3/c1-17-15(20)11-5-7-18(8-6-11)14(19)10-21-13-4-2-3-12(16)9-13/h2-4,9,11H,5-8,10,16H2,1H3,(H,17,20). The number of carbonyl (C=O) groups excluding carboxylic acids is 2. The van der Waals surface area contributed by atoms with E-state index in [-0.39, 0.29) is 24.3 Å². The van der Waals surface area contributed by atoms with Crippen molar-refractivity contribution < 1.29 is 14.3 Å². The van der Waals surface area contributed by atoms with Crippen molar-refractivity contribution in [1.29, 1.82) is 0 Å². The molecule has 1 aliphatic rings. The molecular weight excluding hydrogens is 270 g/mol. The maximum absolute atomic E-state index is 12.1. The van der Waals surface area contributed by atoms with Crippen molar-refractivity contribution in [3.8, 4) is 5.75 Å². The zero-order valence-corrected chi connectivity index (χ0v) is 12.2. The summed E-state index contributed by atoms with van der Waals surface area (Å²) in [5, 5.41) is 2.65. The Morgan fingerprint density at radius 3 is 2.71 bits per heavy atom. The van der Waals surface area contributed by atoms with Crippen LogP contribution in [-0.2, 0) is 9.59 Å². The normalized spacial score (nSPS) is 15.6. The summed E-state index contributed by atoms with van der Waals surface area (Å²) in [6, 6.07) is 6.99. The monoisotopic (exact) mass is 291 g/mol. The Bertz CT molecular complexity index is 511. The zero-order chi connectivity index (χ0) is 15.2. The molecule has 114 valence electrons. The number of nitrogens with one attached hydrogen (secondary N) is 1. The van der Waals surface area contributed by atoms with Gasteiger partial charge in [-0.25, -0.2) is 0 Å². The van der Waals surface area contributed by atoms with Gasteiger partial charge in [0.2, 0.25) is 5.91 Å². The fourth-order valence-electron chi connectivity index (χ4n) is 2.44. The lowest BCUT2D eigenvalue weighted by atomic mass is 9.96. The number of hydrogen-bond acceptors (Lipinski definition) is 4. The second kappa shape index (κ2) is 6.97. The molecule has 0 bridgehead atoms. The molecule has 1 saturated heterocycles. The van der Waals surface area contributed by atoms with E-state index in [2.05, 4.69) is 5.32 Å². The molecule has 0 spiro atoms. The highest BCUT2D eigenvalue weighted by Gasteiger charge is 2.26. The van der Waals surface area contributed by atoms with Gasteiger partial charge < -0.3 is 20.7 Å². The van der Waals surface area contributed by atoms with Crippen LogP contribution < -0.4 is 15.8 Å². The van der Waals surface area contributed by atoms with Crippen LogP contribution in [0.1, 0.15) is 12.8 Å². The Morgan fingerprint density at radius 2 is 2.10 bits per heavy atom. The predicted molar refractivity (Wildman–Crippen MR) is 79.7 cm³/mol. The Morgan fingerprint density at radius 1 is 1.38 bits per heavy atom. The lowest BCUT2D eigenvalue weighted by Crippen LogP contribution is -2.44. The first kappa shape index (κ1) is 15.2. The Labute approximate surface area is 124 Å². The number of carbonyl (C=O) groups is 2. The molecule has 2 rings (SSSR count). The Hall–Kier alpha value is -2.24. The molecule has 0 unspecified atom stereocenters. The number of benzene rings is 1. The molecule has 21 heavy (non-hydrogen) atoms. The van der Waals surface area contributed by atoms with Crippen LogP contribution in [0.3, 0.4) is 0 Å². The largest absolute Gasteiger partial charge is 0.484 e. The van der Waals surface area contributed by atoms with Crippen molar-refractivity contribution in [2.45, 2.75) is 12.8 Å². The van der Waals surface area contributed by atoms with Crippen LogP contribution >= 0.6 is 0 Å². The van der Waals surface area contributed by atoms with E-state index in [0.29, 0.717) is 37.4 Å². The molecule has 3 N–H and O–H groups in total. The van der Waals surface area contributed by atoms with E-state index in [1.807, 2.05) is 0 Å².